The molecule has 0 aliphatic carbocycles. The van der Waals surface area contributed by atoms with Crippen LogP contribution in [0.1, 0.15) is 21.7 Å². The molecule has 0 fully saturated rings. The summed E-state index contributed by atoms with van der Waals surface area (Å²) in [5.74, 6) is 1.79. The monoisotopic (exact) mass is 439 g/mol. The molecule has 0 amide bonds. The molecule has 3 aromatic carbocycles. The van der Waals surface area contributed by atoms with Gasteiger partial charge in [-0.25, -0.2) is 0 Å². The molecule has 4 nitrogen and oxygen atoms in total. The summed E-state index contributed by atoms with van der Waals surface area (Å²) in [6.45, 7) is 1.95. The van der Waals surface area contributed by atoms with Crippen molar-refractivity contribution in [3.05, 3.63) is 107 Å². The lowest BCUT2D eigenvalue weighted by Crippen LogP contribution is -1.93. The van der Waals surface area contributed by atoms with Gasteiger partial charge in [0, 0.05) is 21.7 Å². The number of rotatable bonds is 5. The van der Waals surface area contributed by atoms with Gasteiger partial charge in [0.1, 0.15) is 17.0 Å². The van der Waals surface area contributed by atoms with Gasteiger partial charge in [-0.3, -0.25) is 4.79 Å². The predicted octanol–water partition coefficient (Wildman–Crippen LogP) is 7.61. The molecule has 2 heterocycles. The van der Waals surface area contributed by atoms with Crippen LogP contribution >= 0.6 is 11.6 Å². The maximum Gasteiger partial charge on any atom is 0.185 e. The van der Waals surface area contributed by atoms with Crippen LogP contribution in [0.15, 0.2) is 93.9 Å². The third-order valence-electron chi connectivity index (χ3n) is 5.28. The van der Waals surface area contributed by atoms with Crippen LogP contribution in [0.3, 0.4) is 0 Å². The van der Waals surface area contributed by atoms with Crippen molar-refractivity contribution in [2.75, 3.05) is 0 Å². The van der Waals surface area contributed by atoms with E-state index < -0.39 is 0 Å². The van der Waals surface area contributed by atoms with Crippen molar-refractivity contribution in [2.45, 2.75) is 6.92 Å². The standard InChI is InChI=1S/C27H18ClNO3/c1-17-7-8-20(16-23(17)28)26-14-11-21(31-26)10-13-25(30)19-9-12-24-22(15-19)27(32-29-24)18-5-3-2-4-6-18/h2-16H,1H3. The van der Waals surface area contributed by atoms with Crippen LogP contribution in [0.4, 0.5) is 0 Å². The van der Waals surface area contributed by atoms with E-state index in [0.717, 1.165) is 22.1 Å². The third-order valence-corrected chi connectivity index (χ3v) is 5.69. The summed E-state index contributed by atoms with van der Waals surface area (Å²) in [7, 11) is 0. The molecule has 5 heteroatoms. The summed E-state index contributed by atoms with van der Waals surface area (Å²) in [6, 6.07) is 24.5. The molecule has 0 atom stereocenters. The lowest BCUT2D eigenvalue weighted by Gasteiger charge is -2.00. The first-order valence-electron chi connectivity index (χ1n) is 10.1. The summed E-state index contributed by atoms with van der Waals surface area (Å²) < 4.78 is 11.4. The average Bonchev–Trinajstić information content (AvgIpc) is 3.46. The minimum absolute atomic E-state index is 0.136. The van der Waals surface area contributed by atoms with Crippen molar-refractivity contribution in [1.82, 2.24) is 5.16 Å². The van der Waals surface area contributed by atoms with E-state index in [-0.39, 0.29) is 5.78 Å². The number of furan rings is 1. The maximum absolute atomic E-state index is 12.8. The van der Waals surface area contributed by atoms with Gasteiger partial charge in [-0.2, -0.15) is 0 Å². The summed E-state index contributed by atoms with van der Waals surface area (Å²) in [5, 5.41) is 5.59. The highest BCUT2D eigenvalue weighted by Gasteiger charge is 2.13. The second kappa shape index (κ2) is 8.33. The van der Waals surface area contributed by atoms with Crippen LogP contribution < -0.4 is 0 Å². The minimum atomic E-state index is -0.136. The number of carbonyl (C=O) groups is 1. The van der Waals surface area contributed by atoms with Crippen molar-refractivity contribution in [3.63, 3.8) is 0 Å². The molecule has 32 heavy (non-hydrogen) atoms. The number of allylic oxidation sites excluding steroid dienone is 1. The number of aryl methyl sites for hydroxylation is 1. The summed E-state index contributed by atoms with van der Waals surface area (Å²) in [4.78, 5) is 12.8. The Kier molecular flexibility index (Phi) is 5.21. The molecule has 156 valence electrons. The minimum Gasteiger partial charge on any atom is -0.457 e. The number of benzene rings is 3. The number of halogens is 1. The highest BCUT2D eigenvalue weighted by atomic mass is 35.5. The van der Waals surface area contributed by atoms with Gasteiger partial charge in [-0.15, -0.1) is 0 Å². The second-order valence-corrected chi connectivity index (χ2v) is 7.88. The van der Waals surface area contributed by atoms with Crippen LogP contribution in [0, 0.1) is 6.92 Å². The van der Waals surface area contributed by atoms with Gasteiger partial charge in [0.25, 0.3) is 0 Å². The third kappa shape index (κ3) is 3.88. The van der Waals surface area contributed by atoms with E-state index >= 15 is 0 Å². The predicted molar refractivity (Wildman–Crippen MR) is 127 cm³/mol. The highest BCUT2D eigenvalue weighted by molar-refractivity contribution is 6.31. The molecule has 0 bridgehead atoms. The fourth-order valence-electron chi connectivity index (χ4n) is 3.49. The molecular formula is C27H18ClNO3. The Balaban J connectivity index is 1.39. The fourth-order valence-corrected chi connectivity index (χ4v) is 3.67. The van der Waals surface area contributed by atoms with Crippen LogP contribution in [-0.2, 0) is 0 Å². The Morgan fingerprint density at radius 1 is 0.938 bits per heavy atom. The quantitative estimate of drug-likeness (QED) is 0.209. The van der Waals surface area contributed by atoms with Crippen LogP contribution in [0.25, 0.3) is 39.6 Å². The molecule has 0 saturated carbocycles. The molecule has 5 rings (SSSR count). The topological polar surface area (TPSA) is 56.2 Å². The van der Waals surface area contributed by atoms with Gasteiger partial charge >= 0.3 is 0 Å². The lowest BCUT2D eigenvalue weighted by atomic mass is 10.0. The van der Waals surface area contributed by atoms with Crippen LogP contribution in [0.5, 0.6) is 0 Å². The molecule has 0 N–H and O–H groups in total. The van der Waals surface area contributed by atoms with Crippen molar-refractivity contribution in [1.29, 1.82) is 0 Å². The zero-order valence-electron chi connectivity index (χ0n) is 17.2. The second-order valence-electron chi connectivity index (χ2n) is 7.47. The SMILES string of the molecule is Cc1ccc(-c2ccc(C=CC(=O)c3ccc4noc(-c5ccccc5)c4c3)o2)cc1Cl. The molecule has 2 aromatic heterocycles. The molecular weight excluding hydrogens is 422 g/mol. The van der Waals surface area contributed by atoms with Crippen molar-refractivity contribution >= 4 is 34.4 Å². The Hall–Kier alpha value is -3.89. The van der Waals surface area contributed by atoms with Crippen molar-refractivity contribution < 1.29 is 13.7 Å². The van der Waals surface area contributed by atoms with Gasteiger partial charge in [0.2, 0.25) is 0 Å². The maximum atomic E-state index is 12.8. The Morgan fingerprint density at radius 2 is 1.78 bits per heavy atom. The first kappa shape index (κ1) is 20.0. The zero-order valence-corrected chi connectivity index (χ0v) is 18.0. The Labute approximate surface area is 189 Å². The van der Waals surface area contributed by atoms with Crippen LogP contribution in [0.2, 0.25) is 5.02 Å². The van der Waals surface area contributed by atoms with Gasteiger partial charge in [-0.1, -0.05) is 59.2 Å². The molecule has 0 unspecified atom stereocenters. The number of hydrogen-bond acceptors (Lipinski definition) is 4. The van der Waals surface area contributed by atoms with Gasteiger partial charge < -0.3 is 8.94 Å². The van der Waals surface area contributed by atoms with E-state index in [4.69, 9.17) is 20.5 Å². The number of carbonyl (C=O) groups excluding carboxylic acids is 1. The Bertz CT molecular complexity index is 1460. The number of fused-ring (bicyclic) bond motifs is 1. The largest absolute Gasteiger partial charge is 0.457 e. The number of aromatic nitrogens is 1. The Morgan fingerprint density at radius 3 is 2.59 bits per heavy atom. The van der Waals surface area contributed by atoms with E-state index in [2.05, 4.69) is 5.16 Å². The summed E-state index contributed by atoms with van der Waals surface area (Å²) >= 11 is 6.21. The molecule has 0 spiro atoms. The normalized spacial score (nSPS) is 11.4. The van der Waals surface area contributed by atoms with E-state index in [1.165, 1.54) is 6.08 Å². The van der Waals surface area contributed by atoms with Gasteiger partial charge in [-0.05, 0) is 61.0 Å². The number of hydrogen-bond donors (Lipinski definition) is 0. The van der Waals surface area contributed by atoms with Crippen molar-refractivity contribution in [2.24, 2.45) is 0 Å². The van der Waals surface area contributed by atoms with E-state index in [1.807, 2.05) is 73.7 Å². The number of nitrogens with zero attached hydrogens (tertiary/aromatic N) is 1. The van der Waals surface area contributed by atoms with Crippen molar-refractivity contribution in [3.8, 4) is 22.6 Å². The van der Waals surface area contributed by atoms with E-state index in [0.29, 0.717) is 33.4 Å². The molecule has 5 aromatic rings. The fraction of sp³-hybridized carbons (Fsp3) is 0.0370. The first-order valence-corrected chi connectivity index (χ1v) is 10.5. The summed E-state index contributed by atoms with van der Waals surface area (Å²) in [6.07, 6.45) is 3.17. The molecule has 0 aliphatic rings. The van der Waals surface area contributed by atoms with E-state index in [1.54, 1.807) is 18.2 Å². The van der Waals surface area contributed by atoms with Crippen LogP contribution in [-0.4, -0.2) is 10.9 Å². The van der Waals surface area contributed by atoms with E-state index in [9.17, 15) is 4.79 Å². The molecule has 0 saturated heterocycles. The zero-order chi connectivity index (χ0) is 22.1. The number of ketones is 1. The molecule has 0 radical (unpaired) electrons. The highest BCUT2D eigenvalue weighted by Crippen LogP contribution is 2.30. The van der Waals surface area contributed by atoms with Gasteiger partial charge in [0.15, 0.2) is 11.5 Å². The smallest absolute Gasteiger partial charge is 0.185 e. The lowest BCUT2D eigenvalue weighted by molar-refractivity contribution is 0.104. The average molecular weight is 440 g/mol. The summed E-state index contributed by atoms with van der Waals surface area (Å²) in [5.41, 5.74) is 4.06. The first-order chi connectivity index (χ1) is 15.6. The van der Waals surface area contributed by atoms with Gasteiger partial charge in [0.05, 0.1) is 5.39 Å². The molecule has 0 aliphatic heterocycles.